The summed E-state index contributed by atoms with van der Waals surface area (Å²) in [6.07, 6.45) is 0.414. The van der Waals surface area contributed by atoms with Crippen LogP contribution in [0.5, 0.6) is 0 Å². The van der Waals surface area contributed by atoms with Crippen molar-refractivity contribution in [1.82, 2.24) is 4.90 Å². The molecule has 4 amide bonds. The Morgan fingerprint density at radius 1 is 1.06 bits per heavy atom. The number of nitrogens with one attached hydrogen (secondary N) is 1. The number of anilines is 2. The van der Waals surface area contributed by atoms with Crippen LogP contribution in [0, 0.1) is 12.7 Å². The van der Waals surface area contributed by atoms with E-state index < -0.39 is 23.8 Å². The van der Waals surface area contributed by atoms with Gasteiger partial charge in [0.15, 0.2) is 0 Å². The SMILES string of the molecule is Cc1ccsc1CCN1C(=O)N(c2ccc(F)cc2)C(=O)[C@@H]1CC(=O)Nc1ccccc1. The Bertz CT molecular complexity index is 1130. The van der Waals surface area contributed by atoms with E-state index in [0.717, 1.165) is 15.3 Å². The largest absolute Gasteiger partial charge is 0.332 e. The quantitative estimate of drug-likeness (QED) is 0.534. The second-order valence-corrected chi connectivity index (χ2v) is 8.54. The number of imide groups is 1. The van der Waals surface area contributed by atoms with Gasteiger partial charge < -0.3 is 10.2 Å². The van der Waals surface area contributed by atoms with Gasteiger partial charge in [-0.3, -0.25) is 9.59 Å². The number of thiophene rings is 1. The summed E-state index contributed by atoms with van der Waals surface area (Å²) in [7, 11) is 0. The maximum absolute atomic E-state index is 13.4. The van der Waals surface area contributed by atoms with Gasteiger partial charge in [-0.2, -0.15) is 0 Å². The van der Waals surface area contributed by atoms with Gasteiger partial charge in [-0.1, -0.05) is 18.2 Å². The summed E-state index contributed by atoms with van der Waals surface area (Å²) in [6, 6.07) is 14.7. The van der Waals surface area contributed by atoms with Crippen LogP contribution in [0.4, 0.5) is 20.6 Å². The van der Waals surface area contributed by atoms with Crippen LogP contribution in [0.2, 0.25) is 0 Å². The van der Waals surface area contributed by atoms with Gasteiger partial charge in [0.05, 0.1) is 12.1 Å². The molecule has 1 aromatic heterocycles. The van der Waals surface area contributed by atoms with Gasteiger partial charge in [0, 0.05) is 17.1 Å². The van der Waals surface area contributed by atoms with Crippen LogP contribution >= 0.6 is 11.3 Å². The first-order valence-electron chi connectivity index (χ1n) is 10.2. The topological polar surface area (TPSA) is 69.7 Å². The van der Waals surface area contributed by atoms with E-state index in [4.69, 9.17) is 0 Å². The maximum atomic E-state index is 13.4. The monoisotopic (exact) mass is 451 g/mol. The van der Waals surface area contributed by atoms with Gasteiger partial charge in [-0.05, 0) is 66.8 Å². The minimum Gasteiger partial charge on any atom is -0.326 e. The molecule has 1 atom stereocenters. The molecule has 164 valence electrons. The third-order valence-electron chi connectivity index (χ3n) is 5.39. The average Bonchev–Trinajstić information content (AvgIpc) is 3.28. The van der Waals surface area contributed by atoms with Crippen molar-refractivity contribution in [1.29, 1.82) is 0 Å². The van der Waals surface area contributed by atoms with Crippen molar-refractivity contribution >= 4 is 40.6 Å². The number of amides is 4. The molecule has 0 unspecified atom stereocenters. The van der Waals surface area contributed by atoms with Crippen molar-refractivity contribution in [2.24, 2.45) is 0 Å². The van der Waals surface area contributed by atoms with Crippen LogP contribution < -0.4 is 10.2 Å². The van der Waals surface area contributed by atoms with Gasteiger partial charge >= 0.3 is 6.03 Å². The van der Waals surface area contributed by atoms with E-state index in [1.54, 1.807) is 35.6 Å². The second kappa shape index (κ2) is 9.32. The van der Waals surface area contributed by atoms with Crippen molar-refractivity contribution in [2.45, 2.75) is 25.8 Å². The normalized spacial score (nSPS) is 16.0. The number of halogens is 1. The van der Waals surface area contributed by atoms with E-state index >= 15 is 0 Å². The molecule has 1 fully saturated rings. The standard InChI is InChI=1S/C24H22FN3O3S/c1-16-12-14-32-21(16)11-13-27-20(15-22(29)26-18-5-3-2-4-6-18)23(30)28(24(27)31)19-9-7-17(25)8-10-19/h2-10,12,14,20H,11,13,15H2,1H3,(H,26,29)/t20-/m0/s1. The molecule has 2 aromatic carbocycles. The van der Waals surface area contributed by atoms with Crippen molar-refractivity contribution in [2.75, 3.05) is 16.8 Å². The van der Waals surface area contributed by atoms with E-state index in [1.807, 2.05) is 24.4 Å². The number of hydrogen-bond acceptors (Lipinski definition) is 4. The Morgan fingerprint density at radius 2 is 1.78 bits per heavy atom. The third-order valence-corrected chi connectivity index (χ3v) is 6.47. The molecule has 1 aliphatic heterocycles. The highest BCUT2D eigenvalue weighted by atomic mass is 32.1. The number of rotatable bonds is 7. The number of para-hydroxylation sites is 1. The summed E-state index contributed by atoms with van der Waals surface area (Å²) in [5.41, 5.74) is 2.02. The zero-order valence-electron chi connectivity index (χ0n) is 17.5. The number of carbonyl (C=O) groups is 3. The number of benzene rings is 2. The summed E-state index contributed by atoms with van der Waals surface area (Å²) in [5, 5.41) is 4.75. The van der Waals surface area contributed by atoms with Crippen LogP contribution in [0.25, 0.3) is 0 Å². The van der Waals surface area contributed by atoms with E-state index in [9.17, 15) is 18.8 Å². The molecule has 0 bridgehead atoms. The van der Waals surface area contributed by atoms with Crippen LogP contribution in [0.15, 0.2) is 66.0 Å². The van der Waals surface area contributed by atoms with Crippen molar-refractivity contribution in [3.63, 3.8) is 0 Å². The van der Waals surface area contributed by atoms with Crippen LogP contribution in [-0.4, -0.2) is 35.3 Å². The molecule has 6 nitrogen and oxygen atoms in total. The van der Waals surface area contributed by atoms with Gasteiger partial charge in [-0.25, -0.2) is 14.1 Å². The highest BCUT2D eigenvalue weighted by Gasteiger charge is 2.46. The molecule has 2 heterocycles. The van der Waals surface area contributed by atoms with Gasteiger partial charge in [-0.15, -0.1) is 11.3 Å². The first kappa shape index (κ1) is 21.7. The smallest absolute Gasteiger partial charge is 0.326 e. The lowest BCUT2D eigenvalue weighted by Crippen LogP contribution is -2.39. The molecule has 0 saturated carbocycles. The Balaban J connectivity index is 1.56. The predicted molar refractivity (Wildman–Crippen MR) is 122 cm³/mol. The number of hydrogen-bond donors (Lipinski definition) is 1. The molecule has 1 N–H and O–H groups in total. The summed E-state index contributed by atoms with van der Waals surface area (Å²) in [4.78, 5) is 42.7. The van der Waals surface area contributed by atoms with Crippen molar-refractivity contribution in [3.8, 4) is 0 Å². The predicted octanol–water partition coefficient (Wildman–Crippen LogP) is 4.60. The van der Waals surface area contributed by atoms with Crippen LogP contribution in [-0.2, 0) is 16.0 Å². The minimum absolute atomic E-state index is 0.166. The number of aryl methyl sites for hydroxylation is 1. The first-order chi connectivity index (χ1) is 15.4. The third kappa shape index (κ3) is 4.55. The van der Waals surface area contributed by atoms with Crippen molar-refractivity contribution in [3.05, 3.63) is 82.3 Å². The molecule has 3 aromatic rings. The Labute approximate surface area is 189 Å². The lowest BCUT2D eigenvalue weighted by atomic mass is 10.1. The Morgan fingerprint density at radius 3 is 2.44 bits per heavy atom. The van der Waals surface area contributed by atoms with Gasteiger partial charge in [0.2, 0.25) is 5.91 Å². The lowest BCUT2D eigenvalue weighted by Gasteiger charge is -2.21. The average molecular weight is 452 g/mol. The molecular weight excluding hydrogens is 429 g/mol. The zero-order valence-corrected chi connectivity index (χ0v) is 18.3. The minimum atomic E-state index is -0.934. The van der Waals surface area contributed by atoms with E-state index in [1.165, 1.54) is 29.2 Å². The summed E-state index contributed by atoms with van der Waals surface area (Å²) >= 11 is 1.59. The molecule has 0 spiro atoms. The van der Waals surface area contributed by atoms with E-state index in [0.29, 0.717) is 18.7 Å². The summed E-state index contributed by atoms with van der Waals surface area (Å²) in [6.45, 7) is 2.30. The van der Waals surface area contributed by atoms with Gasteiger partial charge in [0.25, 0.3) is 5.91 Å². The fourth-order valence-corrected chi connectivity index (χ4v) is 4.61. The molecule has 1 aliphatic rings. The maximum Gasteiger partial charge on any atom is 0.332 e. The highest BCUT2D eigenvalue weighted by molar-refractivity contribution is 7.10. The number of urea groups is 1. The van der Waals surface area contributed by atoms with E-state index in [-0.39, 0.29) is 18.0 Å². The molecule has 8 heteroatoms. The lowest BCUT2D eigenvalue weighted by molar-refractivity contribution is -0.124. The molecule has 0 radical (unpaired) electrons. The van der Waals surface area contributed by atoms with Gasteiger partial charge in [0.1, 0.15) is 11.9 Å². The molecule has 4 rings (SSSR count). The summed E-state index contributed by atoms with van der Waals surface area (Å²) in [5.74, 6) is -1.31. The highest BCUT2D eigenvalue weighted by Crippen LogP contribution is 2.28. The second-order valence-electron chi connectivity index (χ2n) is 7.54. The molecular formula is C24H22FN3O3S. The Kier molecular flexibility index (Phi) is 6.32. The summed E-state index contributed by atoms with van der Waals surface area (Å²) < 4.78 is 13.4. The van der Waals surface area contributed by atoms with Crippen molar-refractivity contribution < 1.29 is 18.8 Å². The zero-order chi connectivity index (χ0) is 22.7. The number of carbonyl (C=O) groups excluding carboxylic acids is 3. The van der Waals surface area contributed by atoms with Crippen LogP contribution in [0.1, 0.15) is 16.9 Å². The van der Waals surface area contributed by atoms with Crippen LogP contribution in [0.3, 0.4) is 0 Å². The fraction of sp³-hybridized carbons (Fsp3) is 0.208. The Hall–Kier alpha value is -3.52. The molecule has 0 aliphatic carbocycles. The first-order valence-corrected chi connectivity index (χ1v) is 11.1. The number of nitrogens with zero attached hydrogens (tertiary/aromatic N) is 2. The van der Waals surface area contributed by atoms with E-state index in [2.05, 4.69) is 5.32 Å². The molecule has 32 heavy (non-hydrogen) atoms. The molecule has 1 saturated heterocycles. The fourth-order valence-electron chi connectivity index (χ4n) is 3.71.